The van der Waals surface area contributed by atoms with Crippen LogP contribution in [-0.4, -0.2) is 23.9 Å². The van der Waals surface area contributed by atoms with Gasteiger partial charge in [0.15, 0.2) is 0 Å². The molecule has 0 heterocycles. The molecule has 0 atom stereocenters. The number of hydrogen-bond donors (Lipinski definition) is 2. The first kappa shape index (κ1) is 20.7. The second-order valence-electron chi connectivity index (χ2n) is 6.50. The summed E-state index contributed by atoms with van der Waals surface area (Å²) in [4.78, 5) is 34.7. The molecule has 1 aromatic carbocycles. The zero-order valence-corrected chi connectivity index (χ0v) is 15.4. The van der Waals surface area contributed by atoms with Crippen LogP contribution in [0.4, 0.5) is 0 Å². The Labute approximate surface area is 149 Å². The monoisotopic (exact) mass is 348 g/mol. The van der Waals surface area contributed by atoms with Crippen molar-refractivity contribution in [2.24, 2.45) is 5.92 Å². The number of rotatable bonds is 9. The number of amides is 2. The van der Waals surface area contributed by atoms with Crippen LogP contribution in [0.2, 0.25) is 0 Å². The van der Waals surface area contributed by atoms with Gasteiger partial charge in [-0.3, -0.25) is 14.4 Å². The van der Waals surface area contributed by atoms with Gasteiger partial charge in [0.05, 0.1) is 12.5 Å². The van der Waals surface area contributed by atoms with Gasteiger partial charge < -0.3 is 15.4 Å². The molecule has 2 N–H and O–H groups in total. The predicted molar refractivity (Wildman–Crippen MR) is 95.4 cm³/mol. The molecule has 1 rings (SSSR count). The SMILES string of the molecule is CC(C)OC(=O)CCC(=O)NCc1ccc(CNC(=O)C(C)C)cc1. The van der Waals surface area contributed by atoms with Gasteiger partial charge in [0.2, 0.25) is 11.8 Å². The van der Waals surface area contributed by atoms with Crippen molar-refractivity contribution in [3.05, 3.63) is 35.4 Å². The molecule has 0 aliphatic rings. The minimum Gasteiger partial charge on any atom is -0.463 e. The summed E-state index contributed by atoms with van der Waals surface area (Å²) in [6, 6.07) is 7.65. The maximum atomic E-state index is 11.7. The zero-order chi connectivity index (χ0) is 18.8. The first-order chi connectivity index (χ1) is 11.8. The molecule has 2 amide bonds. The van der Waals surface area contributed by atoms with Gasteiger partial charge in [0.1, 0.15) is 0 Å². The van der Waals surface area contributed by atoms with Crippen molar-refractivity contribution in [3.63, 3.8) is 0 Å². The fourth-order valence-electron chi connectivity index (χ4n) is 1.99. The zero-order valence-electron chi connectivity index (χ0n) is 15.4. The van der Waals surface area contributed by atoms with Gasteiger partial charge in [-0.25, -0.2) is 0 Å². The summed E-state index contributed by atoms with van der Waals surface area (Å²) in [5.74, 6) is -0.563. The van der Waals surface area contributed by atoms with Crippen LogP contribution in [0.1, 0.15) is 51.7 Å². The molecule has 138 valence electrons. The summed E-state index contributed by atoms with van der Waals surface area (Å²) < 4.78 is 4.98. The number of ether oxygens (including phenoxy) is 1. The second kappa shape index (κ2) is 10.5. The molecule has 0 spiro atoms. The molecule has 0 fully saturated rings. The molecule has 0 saturated carbocycles. The van der Waals surface area contributed by atoms with E-state index in [9.17, 15) is 14.4 Å². The van der Waals surface area contributed by atoms with E-state index in [0.717, 1.165) is 11.1 Å². The highest BCUT2D eigenvalue weighted by atomic mass is 16.5. The second-order valence-corrected chi connectivity index (χ2v) is 6.50. The van der Waals surface area contributed by atoms with E-state index in [1.54, 1.807) is 13.8 Å². The first-order valence-corrected chi connectivity index (χ1v) is 8.59. The first-order valence-electron chi connectivity index (χ1n) is 8.59. The highest BCUT2D eigenvalue weighted by Crippen LogP contribution is 2.05. The molecule has 1 aromatic rings. The molecule has 0 aliphatic heterocycles. The lowest BCUT2D eigenvalue weighted by Crippen LogP contribution is -2.27. The Hall–Kier alpha value is -2.37. The van der Waals surface area contributed by atoms with E-state index >= 15 is 0 Å². The van der Waals surface area contributed by atoms with E-state index < -0.39 is 0 Å². The van der Waals surface area contributed by atoms with Crippen molar-refractivity contribution in [2.45, 2.75) is 59.7 Å². The Balaban J connectivity index is 2.32. The highest BCUT2D eigenvalue weighted by molar-refractivity contribution is 5.81. The molecule has 0 radical (unpaired) electrons. The Bertz CT molecular complexity index is 580. The largest absolute Gasteiger partial charge is 0.463 e. The third-order valence-corrected chi connectivity index (χ3v) is 3.43. The van der Waals surface area contributed by atoms with Gasteiger partial charge >= 0.3 is 5.97 Å². The summed E-state index contributed by atoms with van der Waals surface area (Å²) in [7, 11) is 0. The van der Waals surface area contributed by atoms with Gasteiger partial charge in [-0.1, -0.05) is 38.1 Å². The van der Waals surface area contributed by atoms with Crippen molar-refractivity contribution in [3.8, 4) is 0 Å². The molecular weight excluding hydrogens is 320 g/mol. The molecule has 0 unspecified atom stereocenters. The summed E-state index contributed by atoms with van der Waals surface area (Å²) in [5.41, 5.74) is 1.96. The van der Waals surface area contributed by atoms with Crippen LogP contribution in [0.5, 0.6) is 0 Å². The third-order valence-electron chi connectivity index (χ3n) is 3.43. The molecule has 0 saturated heterocycles. The average Bonchev–Trinajstić information content (AvgIpc) is 2.56. The number of carbonyl (C=O) groups excluding carboxylic acids is 3. The molecule has 6 heteroatoms. The molecule has 0 aliphatic carbocycles. The van der Waals surface area contributed by atoms with E-state index in [1.807, 2.05) is 38.1 Å². The van der Waals surface area contributed by atoms with E-state index in [1.165, 1.54) is 0 Å². The van der Waals surface area contributed by atoms with E-state index in [4.69, 9.17) is 4.74 Å². The lowest BCUT2D eigenvalue weighted by Gasteiger charge is -2.09. The fraction of sp³-hybridized carbons (Fsp3) is 0.526. The van der Waals surface area contributed by atoms with Crippen molar-refractivity contribution in [1.82, 2.24) is 10.6 Å². The number of hydrogen-bond acceptors (Lipinski definition) is 4. The van der Waals surface area contributed by atoms with Crippen LogP contribution >= 0.6 is 0 Å². The van der Waals surface area contributed by atoms with Gasteiger partial charge in [-0.15, -0.1) is 0 Å². The highest BCUT2D eigenvalue weighted by Gasteiger charge is 2.09. The van der Waals surface area contributed by atoms with Gasteiger partial charge in [0, 0.05) is 25.4 Å². The Morgan fingerprint density at radius 1 is 0.880 bits per heavy atom. The van der Waals surface area contributed by atoms with Gasteiger partial charge in [-0.05, 0) is 25.0 Å². The normalized spacial score (nSPS) is 10.6. The lowest BCUT2D eigenvalue weighted by molar-refractivity contribution is -0.148. The van der Waals surface area contributed by atoms with Crippen molar-refractivity contribution >= 4 is 17.8 Å². The van der Waals surface area contributed by atoms with Crippen molar-refractivity contribution in [1.29, 1.82) is 0 Å². The summed E-state index contributed by atoms with van der Waals surface area (Å²) >= 11 is 0. The number of esters is 1. The standard InChI is InChI=1S/C19H28N2O4/c1-13(2)19(24)21-12-16-7-5-15(6-8-16)11-20-17(22)9-10-18(23)25-14(3)4/h5-8,13-14H,9-12H2,1-4H3,(H,20,22)(H,21,24). The summed E-state index contributed by atoms with van der Waals surface area (Å²) in [6.45, 7) is 8.14. The minimum absolute atomic E-state index is 0.0207. The molecule has 25 heavy (non-hydrogen) atoms. The third kappa shape index (κ3) is 8.88. The van der Waals surface area contributed by atoms with Gasteiger partial charge in [0.25, 0.3) is 0 Å². The Morgan fingerprint density at radius 2 is 1.40 bits per heavy atom. The molecule has 6 nitrogen and oxygen atoms in total. The van der Waals surface area contributed by atoms with Crippen LogP contribution in [0.25, 0.3) is 0 Å². The predicted octanol–water partition coefficient (Wildman–Crippen LogP) is 2.31. The van der Waals surface area contributed by atoms with E-state index in [0.29, 0.717) is 13.1 Å². The quantitative estimate of drug-likeness (QED) is 0.671. The topological polar surface area (TPSA) is 84.5 Å². The van der Waals surface area contributed by atoms with Crippen LogP contribution < -0.4 is 10.6 Å². The Kier molecular flexibility index (Phi) is 8.67. The molecule has 0 aromatic heterocycles. The van der Waals surface area contributed by atoms with Crippen molar-refractivity contribution in [2.75, 3.05) is 0 Å². The van der Waals surface area contributed by atoms with Crippen LogP contribution in [-0.2, 0) is 32.2 Å². The van der Waals surface area contributed by atoms with E-state index in [-0.39, 0.29) is 42.6 Å². The maximum absolute atomic E-state index is 11.7. The lowest BCUT2D eigenvalue weighted by atomic mass is 10.1. The molecule has 0 bridgehead atoms. The smallest absolute Gasteiger partial charge is 0.306 e. The van der Waals surface area contributed by atoms with Crippen LogP contribution in [0.15, 0.2) is 24.3 Å². The van der Waals surface area contributed by atoms with E-state index in [2.05, 4.69) is 10.6 Å². The summed E-state index contributed by atoms with van der Waals surface area (Å²) in [6.07, 6.45) is 0.0306. The van der Waals surface area contributed by atoms with Crippen LogP contribution in [0, 0.1) is 5.92 Å². The Morgan fingerprint density at radius 3 is 1.88 bits per heavy atom. The average molecular weight is 348 g/mol. The number of nitrogens with one attached hydrogen (secondary N) is 2. The molecular formula is C19H28N2O4. The number of carbonyl (C=O) groups is 3. The summed E-state index contributed by atoms with van der Waals surface area (Å²) in [5, 5.41) is 5.63. The van der Waals surface area contributed by atoms with Crippen molar-refractivity contribution < 1.29 is 19.1 Å². The van der Waals surface area contributed by atoms with Crippen LogP contribution in [0.3, 0.4) is 0 Å². The number of benzene rings is 1. The fourth-order valence-corrected chi connectivity index (χ4v) is 1.99. The minimum atomic E-state index is -0.363. The van der Waals surface area contributed by atoms with Gasteiger partial charge in [-0.2, -0.15) is 0 Å². The maximum Gasteiger partial charge on any atom is 0.306 e.